The lowest BCUT2D eigenvalue weighted by Gasteiger charge is -2.14. The Hall–Kier alpha value is -1.09. The second-order valence-electron chi connectivity index (χ2n) is 4.74. The van der Waals surface area contributed by atoms with Crippen LogP contribution in [0.25, 0.3) is 0 Å². The van der Waals surface area contributed by atoms with Gasteiger partial charge in [0.05, 0.1) is 6.61 Å². The molecule has 1 saturated carbocycles. The zero-order valence-electron chi connectivity index (χ0n) is 9.37. The van der Waals surface area contributed by atoms with Gasteiger partial charge in [-0.3, -0.25) is 0 Å². The molecule has 1 fully saturated rings. The molecule has 0 radical (unpaired) electrons. The standard InChI is InChI=1S/C13H16FNO/c1-15-13-10-4-2-8-6-9(14)3-5-12(8)16-7-11(10)13/h3,5-6,10-11,13,15H,2,4,7H2,1H3. The molecule has 3 atom stereocenters. The summed E-state index contributed by atoms with van der Waals surface area (Å²) in [6, 6.07) is 5.42. The SMILES string of the molecule is CNC1C2CCc3cc(F)ccc3OCC21. The fraction of sp³-hybridized carbons (Fsp3) is 0.538. The predicted octanol–water partition coefficient (Wildman–Crippen LogP) is 1.98. The van der Waals surface area contributed by atoms with Crippen LogP contribution in [0, 0.1) is 17.7 Å². The minimum atomic E-state index is -0.166. The maximum atomic E-state index is 13.1. The first-order valence-corrected chi connectivity index (χ1v) is 5.88. The van der Waals surface area contributed by atoms with E-state index < -0.39 is 0 Å². The van der Waals surface area contributed by atoms with E-state index in [2.05, 4.69) is 5.32 Å². The van der Waals surface area contributed by atoms with Crippen molar-refractivity contribution in [2.24, 2.45) is 11.8 Å². The third kappa shape index (κ3) is 1.59. The van der Waals surface area contributed by atoms with Crippen molar-refractivity contribution in [3.05, 3.63) is 29.6 Å². The van der Waals surface area contributed by atoms with Crippen molar-refractivity contribution in [1.82, 2.24) is 5.32 Å². The molecular formula is C13H16FNO. The van der Waals surface area contributed by atoms with Gasteiger partial charge in [0.1, 0.15) is 11.6 Å². The molecule has 1 N–H and O–H groups in total. The van der Waals surface area contributed by atoms with Crippen molar-refractivity contribution in [3.63, 3.8) is 0 Å². The minimum absolute atomic E-state index is 0.166. The molecule has 0 bridgehead atoms. The highest BCUT2D eigenvalue weighted by molar-refractivity contribution is 5.35. The first-order chi connectivity index (χ1) is 7.79. The van der Waals surface area contributed by atoms with Gasteiger partial charge >= 0.3 is 0 Å². The molecule has 0 spiro atoms. The molecular weight excluding hydrogens is 205 g/mol. The van der Waals surface area contributed by atoms with Crippen molar-refractivity contribution in [3.8, 4) is 5.75 Å². The summed E-state index contributed by atoms with van der Waals surface area (Å²) in [5.74, 6) is 2.05. The molecule has 3 unspecified atom stereocenters. The Kier molecular flexibility index (Phi) is 2.36. The second-order valence-corrected chi connectivity index (χ2v) is 4.74. The van der Waals surface area contributed by atoms with Gasteiger partial charge < -0.3 is 10.1 Å². The summed E-state index contributed by atoms with van der Waals surface area (Å²) in [5, 5.41) is 3.32. The average molecular weight is 221 g/mol. The number of aryl methyl sites for hydroxylation is 1. The van der Waals surface area contributed by atoms with Gasteiger partial charge in [0.25, 0.3) is 0 Å². The Bertz CT molecular complexity index is 407. The second kappa shape index (κ2) is 3.74. The highest BCUT2D eigenvalue weighted by atomic mass is 19.1. The van der Waals surface area contributed by atoms with Crippen LogP contribution >= 0.6 is 0 Å². The largest absolute Gasteiger partial charge is 0.493 e. The molecule has 0 amide bonds. The predicted molar refractivity (Wildman–Crippen MR) is 60.0 cm³/mol. The van der Waals surface area contributed by atoms with Crippen molar-refractivity contribution in [2.45, 2.75) is 18.9 Å². The summed E-state index contributed by atoms with van der Waals surface area (Å²) in [7, 11) is 2.00. The first kappa shape index (κ1) is 10.1. The van der Waals surface area contributed by atoms with Crippen LogP contribution in [0.1, 0.15) is 12.0 Å². The van der Waals surface area contributed by atoms with Crippen molar-refractivity contribution < 1.29 is 9.13 Å². The first-order valence-electron chi connectivity index (χ1n) is 5.88. The number of nitrogens with one attached hydrogen (secondary N) is 1. The molecule has 2 nitrogen and oxygen atoms in total. The number of ether oxygens (including phenoxy) is 1. The Labute approximate surface area is 94.8 Å². The van der Waals surface area contributed by atoms with Gasteiger partial charge in [-0.2, -0.15) is 0 Å². The minimum Gasteiger partial charge on any atom is -0.493 e. The van der Waals surface area contributed by atoms with Crippen LogP contribution < -0.4 is 10.1 Å². The average Bonchev–Trinajstić information content (AvgIpc) is 2.93. The molecule has 1 heterocycles. The van der Waals surface area contributed by atoms with Crippen molar-refractivity contribution in [1.29, 1.82) is 0 Å². The van der Waals surface area contributed by atoms with Crippen molar-refractivity contribution >= 4 is 0 Å². The lowest BCUT2D eigenvalue weighted by molar-refractivity contribution is 0.277. The molecule has 0 aromatic heterocycles. The normalized spacial score (nSPS) is 31.8. The van der Waals surface area contributed by atoms with Crippen LogP contribution in [0.3, 0.4) is 0 Å². The van der Waals surface area contributed by atoms with E-state index in [1.54, 1.807) is 12.1 Å². The van der Waals surface area contributed by atoms with Crippen LogP contribution in [0.4, 0.5) is 4.39 Å². The maximum Gasteiger partial charge on any atom is 0.123 e. The summed E-state index contributed by atoms with van der Waals surface area (Å²) in [4.78, 5) is 0. The summed E-state index contributed by atoms with van der Waals surface area (Å²) in [6.45, 7) is 0.759. The van der Waals surface area contributed by atoms with E-state index in [-0.39, 0.29) is 5.82 Å². The number of rotatable bonds is 1. The van der Waals surface area contributed by atoms with Crippen LogP contribution in [-0.4, -0.2) is 19.7 Å². The van der Waals surface area contributed by atoms with Gasteiger partial charge in [-0.25, -0.2) is 4.39 Å². The van der Waals surface area contributed by atoms with Gasteiger partial charge in [-0.15, -0.1) is 0 Å². The van der Waals surface area contributed by atoms with Crippen molar-refractivity contribution in [2.75, 3.05) is 13.7 Å². The van der Waals surface area contributed by atoms with Gasteiger partial charge in [0, 0.05) is 12.0 Å². The van der Waals surface area contributed by atoms with Gasteiger partial charge in [-0.1, -0.05) is 0 Å². The Morgan fingerprint density at radius 1 is 1.38 bits per heavy atom. The summed E-state index contributed by atoms with van der Waals surface area (Å²) in [6.07, 6.45) is 2.06. The fourth-order valence-electron chi connectivity index (χ4n) is 2.89. The van der Waals surface area contributed by atoms with E-state index in [1.165, 1.54) is 6.07 Å². The molecule has 3 rings (SSSR count). The van der Waals surface area contributed by atoms with Gasteiger partial charge in [-0.05, 0) is 49.6 Å². The number of benzene rings is 1. The van der Waals surface area contributed by atoms with E-state index in [0.29, 0.717) is 17.9 Å². The topological polar surface area (TPSA) is 21.3 Å². The Morgan fingerprint density at radius 3 is 3.06 bits per heavy atom. The summed E-state index contributed by atoms with van der Waals surface area (Å²) < 4.78 is 18.9. The summed E-state index contributed by atoms with van der Waals surface area (Å²) in [5.41, 5.74) is 1.01. The smallest absolute Gasteiger partial charge is 0.123 e. The third-order valence-corrected chi connectivity index (χ3v) is 3.87. The van der Waals surface area contributed by atoms with Gasteiger partial charge in [0.2, 0.25) is 0 Å². The number of hydrogen-bond donors (Lipinski definition) is 1. The number of hydrogen-bond acceptors (Lipinski definition) is 2. The molecule has 16 heavy (non-hydrogen) atoms. The molecule has 1 aromatic carbocycles. The molecule has 86 valence electrons. The lowest BCUT2D eigenvalue weighted by Crippen LogP contribution is -2.14. The highest BCUT2D eigenvalue weighted by Crippen LogP contribution is 2.44. The monoisotopic (exact) mass is 221 g/mol. The zero-order chi connectivity index (χ0) is 11.1. The Morgan fingerprint density at radius 2 is 2.25 bits per heavy atom. The molecule has 1 aliphatic heterocycles. The third-order valence-electron chi connectivity index (χ3n) is 3.87. The van der Waals surface area contributed by atoms with E-state index >= 15 is 0 Å². The number of halogens is 1. The number of fused-ring (bicyclic) bond motifs is 2. The van der Waals surface area contributed by atoms with Gasteiger partial charge in [0.15, 0.2) is 0 Å². The molecule has 0 saturated heterocycles. The van der Waals surface area contributed by atoms with E-state index in [4.69, 9.17) is 4.74 Å². The zero-order valence-corrected chi connectivity index (χ0v) is 9.37. The van der Waals surface area contributed by atoms with Crippen LogP contribution in [0.5, 0.6) is 5.75 Å². The van der Waals surface area contributed by atoms with E-state index in [0.717, 1.165) is 30.8 Å². The summed E-state index contributed by atoms with van der Waals surface area (Å²) >= 11 is 0. The van der Waals surface area contributed by atoms with Crippen LogP contribution in [0.15, 0.2) is 18.2 Å². The van der Waals surface area contributed by atoms with Crippen LogP contribution in [0.2, 0.25) is 0 Å². The molecule has 2 aliphatic rings. The lowest BCUT2D eigenvalue weighted by atomic mass is 10.0. The quantitative estimate of drug-likeness (QED) is 0.783. The Balaban J connectivity index is 1.81. The van der Waals surface area contributed by atoms with E-state index in [1.807, 2.05) is 7.05 Å². The van der Waals surface area contributed by atoms with Crippen LogP contribution in [-0.2, 0) is 6.42 Å². The molecule has 1 aliphatic carbocycles. The molecule has 3 heteroatoms. The molecule has 1 aromatic rings. The maximum absolute atomic E-state index is 13.1. The van der Waals surface area contributed by atoms with E-state index in [9.17, 15) is 4.39 Å². The fourth-order valence-corrected chi connectivity index (χ4v) is 2.89. The highest BCUT2D eigenvalue weighted by Gasteiger charge is 2.49.